The van der Waals surface area contributed by atoms with E-state index in [9.17, 15) is 4.79 Å². The van der Waals surface area contributed by atoms with Crippen molar-refractivity contribution >= 4 is 17.5 Å². The molecule has 1 amide bonds. The van der Waals surface area contributed by atoms with E-state index in [-0.39, 0.29) is 17.9 Å². The fraction of sp³-hybridized carbons (Fsp3) is 0.467. The van der Waals surface area contributed by atoms with E-state index in [2.05, 4.69) is 16.3 Å². The van der Waals surface area contributed by atoms with Gasteiger partial charge in [0.2, 0.25) is 5.91 Å². The van der Waals surface area contributed by atoms with Crippen LogP contribution in [-0.4, -0.2) is 29.9 Å². The van der Waals surface area contributed by atoms with Gasteiger partial charge in [-0.2, -0.15) is 5.26 Å². The summed E-state index contributed by atoms with van der Waals surface area (Å²) in [5.74, 6) is 0.312. The summed E-state index contributed by atoms with van der Waals surface area (Å²) < 4.78 is 0. The normalized spacial score (nSPS) is 25.9. The van der Waals surface area contributed by atoms with Crippen LogP contribution in [0.3, 0.4) is 0 Å². The van der Waals surface area contributed by atoms with Crippen LogP contribution in [0, 0.1) is 17.2 Å². The third-order valence-corrected chi connectivity index (χ3v) is 4.62. The molecule has 0 aliphatic carbocycles. The van der Waals surface area contributed by atoms with Crippen molar-refractivity contribution in [2.24, 2.45) is 5.92 Å². The Morgan fingerprint density at radius 3 is 3.10 bits per heavy atom. The highest BCUT2D eigenvalue weighted by atomic mass is 35.5. The Labute approximate surface area is 123 Å². The Balaban J connectivity index is 1.77. The first-order chi connectivity index (χ1) is 9.69. The molecule has 4 nitrogen and oxygen atoms in total. The van der Waals surface area contributed by atoms with Crippen LogP contribution in [0.2, 0.25) is 5.02 Å². The molecule has 2 aliphatic rings. The number of halogens is 1. The quantitative estimate of drug-likeness (QED) is 0.905. The Kier molecular flexibility index (Phi) is 3.64. The lowest BCUT2D eigenvalue weighted by atomic mass is 9.91. The van der Waals surface area contributed by atoms with Crippen molar-refractivity contribution in [1.29, 1.82) is 5.26 Å². The van der Waals surface area contributed by atoms with Gasteiger partial charge >= 0.3 is 0 Å². The predicted molar refractivity (Wildman–Crippen MR) is 76.1 cm³/mol. The molecule has 1 aromatic carbocycles. The van der Waals surface area contributed by atoms with Crippen molar-refractivity contribution in [3.63, 3.8) is 0 Å². The van der Waals surface area contributed by atoms with Crippen molar-refractivity contribution in [3.8, 4) is 6.07 Å². The van der Waals surface area contributed by atoms with Gasteiger partial charge in [-0.15, -0.1) is 0 Å². The summed E-state index contributed by atoms with van der Waals surface area (Å²) in [5, 5.41) is 12.4. The van der Waals surface area contributed by atoms with Gasteiger partial charge in [-0.1, -0.05) is 17.7 Å². The molecule has 0 bridgehead atoms. The maximum atomic E-state index is 11.8. The number of carbonyl (C=O) groups excluding carboxylic acids is 1. The average Bonchev–Trinajstić information content (AvgIpc) is 2.84. The molecule has 5 heteroatoms. The predicted octanol–water partition coefficient (Wildman–Crippen LogP) is 1.92. The van der Waals surface area contributed by atoms with Crippen LogP contribution in [-0.2, 0) is 11.3 Å². The van der Waals surface area contributed by atoms with Gasteiger partial charge in [0.1, 0.15) is 0 Å². The molecular formula is C15H16ClN3O. The minimum absolute atomic E-state index is 0.126. The lowest BCUT2D eigenvalue weighted by Gasteiger charge is -2.36. The Bertz CT molecular complexity index is 581. The van der Waals surface area contributed by atoms with Gasteiger partial charge < -0.3 is 5.32 Å². The van der Waals surface area contributed by atoms with E-state index in [4.69, 9.17) is 16.9 Å². The highest BCUT2D eigenvalue weighted by molar-refractivity contribution is 6.31. The highest BCUT2D eigenvalue weighted by Gasteiger charge is 2.40. The van der Waals surface area contributed by atoms with Crippen molar-refractivity contribution in [3.05, 3.63) is 34.3 Å². The summed E-state index contributed by atoms with van der Waals surface area (Å²) in [6.45, 7) is 2.46. The number of nitriles is 1. The fourth-order valence-corrected chi connectivity index (χ4v) is 3.44. The van der Waals surface area contributed by atoms with Gasteiger partial charge in [0.15, 0.2) is 0 Å². The van der Waals surface area contributed by atoms with Crippen molar-refractivity contribution in [1.82, 2.24) is 10.2 Å². The number of benzene rings is 1. The fourth-order valence-electron chi connectivity index (χ4n) is 3.20. The Hall–Kier alpha value is -1.57. The Morgan fingerprint density at radius 1 is 1.50 bits per heavy atom. The number of nitrogens with one attached hydrogen (secondary N) is 1. The second-order valence-electron chi connectivity index (χ2n) is 5.45. The van der Waals surface area contributed by atoms with E-state index >= 15 is 0 Å². The van der Waals surface area contributed by atoms with Crippen molar-refractivity contribution in [2.45, 2.75) is 25.4 Å². The first kappa shape index (κ1) is 13.4. The smallest absolute Gasteiger partial charge is 0.224 e. The second-order valence-corrected chi connectivity index (χ2v) is 5.86. The van der Waals surface area contributed by atoms with Crippen LogP contribution in [0.4, 0.5) is 0 Å². The molecule has 2 aliphatic heterocycles. The van der Waals surface area contributed by atoms with E-state index in [1.165, 1.54) is 0 Å². The van der Waals surface area contributed by atoms with Gasteiger partial charge in [-0.25, -0.2) is 0 Å². The monoisotopic (exact) mass is 289 g/mol. The maximum Gasteiger partial charge on any atom is 0.224 e. The lowest BCUT2D eigenvalue weighted by molar-refractivity contribution is -0.124. The minimum atomic E-state index is 0.126. The molecule has 104 valence electrons. The molecule has 0 saturated carbocycles. The molecule has 2 unspecified atom stereocenters. The third-order valence-electron chi connectivity index (χ3n) is 4.27. The molecular weight excluding hydrogens is 274 g/mol. The van der Waals surface area contributed by atoms with Crippen LogP contribution in [0.25, 0.3) is 0 Å². The van der Waals surface area contributed by atoms with E-state index in [0.717, 1.165) is 38.0 Å². The van der Waals surface area contributed by atoms with Crippen molar-refractivity contribution < 1.29 is 4.79 Å². The topological polar surface area (TPSA) is 56.1 Å². The standard InChI is InChI=1S/C15H16ClN3O/c16-13-6-10(7-17)3-4-11(13)9-19-5-1-2-12-14(19)8-18-15(12)20/h3-4,6,12,14H,1-2,5,8-9H2,(H,18,20). The molecule has 0 radical (unpaired) electrons. The number of nitrogens with zero attached hydrogens (tertiary/aromatic N) is 2. The number of hydrogen-bond donors (Lipinski definition) is 1. The van der Waals surface area contributed by atoms with Crippen molar-refractivity contribution in [2.75, 3.05) is 13.1 Å². The number of likely N-dealkylation sites (tertiary alicyclic amines) is 1. The van der Waals surface area contributed by atoms with Gasteiger partial charge in [-0.05, 0) is 37.1 Å². The van der Waals surface area contributed by atoms with Crippen LogP contribution < -0.4 is 5.32 Å². The first-order valence-corrected chi connectivity index (χ1v) is 7.27. The van der Waals surface area contributed by atoms with Gasteiger partial charge in [0.25, 0.3) is 0 Å². The Morgan fingerprint density at radius 2 is 2.35 bits per heavy atom. The second kappa shape index (κ2) is 5.43. The summed E-state index contributed by atoms with van der Waals surface area (Å²) in [6, 6.07) is 7.78. The molecule has 2 saturated heterocycles. The van der Waals surface area contributed by atoms with E-state index in [1.54, 1.807) is 12.1 Å². The zero-order valence-electron chi connectivity index (χ0n) is 11.1. The van der Waals surface area contributed by atoms with Gasteiger partial charge in [0.05, 0.1) is 17.6 Å². The summed E-state index contributed by atoms with van der Waals surface area (Å²) in [4.78, 5) is 14.1. The van der Waals surface area contributed by atoms with Gasteiger partial charge in [0, 0.05) is 24.2 Å². The zero-order chi connectivity index (χ0) is 14.1. The number of hydrogen-bond acceptors (Lipinski definition) is 3. The van der Waals surface area contributed by atoms with E-state index in [0.29, 0.717) is 10.6 Å². The number of rotatable bonds is 2. The molecule has 2 fully saturated rings. The maximum absolute atomic E-state index is 11.8. The molecule has 1 aromatic rings. The third kappa shape index (κ3) is 2.39. The van der Waals surface area contributed by atoms with Crippen LogP contribution in [0.1, 0.15) is 24.0 Å². The van der Waals surface area contributed by atoms with Gasteiger partial charge in [-0.3, -0.25) is 9.69 Å². The molecule has 0 spiro atoms. The molecule has 2 atom stereocenters. The van der Waals surface area contributed by atoms with Crippen LogP contribution in [0.15, 0.2) is 18.2 Å². The summed E-state index contributed by atoms with van der Waals surface area (Å²) >= 11 is 6.24. The largest absolute Gasteiger partial charge is 0.354 e. The lowest BCUT2D eigenvalue weighted by Crippen LogP contribution is -2.44. The highest BCUT2D eigenvalue weighted by Crippen LogP contribution is 2.30. The molecule has 20 heavy (non-hydrogen) atoms. The molecule has 3 rings (SSSR count). The summed E-state index contributed by atoms with van der Waals surface area (Å²) in [5.41, 5.74) is 1.60. The first-order valence-electron chi connectivity index (χ1n) is 6.89. The average molecular weight is 290 g/mol. The summed E-state index contributed by atoms with van der Waals surface area (Å²) in [7, 11) is 0. The zero-order valence-corrected chi connectivity index (χ0v) is 11.9. The number of fused-ring (bicyclic) bond motifs is 1. The number of piperidine rings is 1. The number of carbonyl (C=O) groups is 1. The number of amides is 1. The van der Waals surface area contributed by atoms with E-state index in [1.807, 2.05) is 6.07 Å². The van der Waals surface area contributed by atoms with Crippen LogP contribution >= 0.6 is 11.6 Å². The van der Waals surface area contributed by atoms with Crippen LogP contribution in [0.5, 0.6) is 0 Å². The molecule has 2 heterocycles. The molecule has 1 N–H and O–H groups in total. The molecule has 0 aromatic heterocycles. The van der Waals surface area contributed by atoms with E-state index < -0.39 is 0 Å². The SMILES string of the molecule is N#Cc1ccc(CN2CCCC3C(=O)NCC32)c(Cl)c1. The summed E-state index contributed by atoms with van der Waals surface area (Å²) in [6.07, 6.45) is 2.02. The minimum Gasteiger partial charge on any atom is -0.354 e.